The van der Waals surface area contributed by atoms with Crippen LogP contribution in [0.4, 0.5) is 0 Å². The largest absolute Gasteiger partial charge is 0.507 e. The summed E-state index contributed by atoms with van der Waals surface area (Å²) in [6.45, 7) is 3.01. The van der Waals surface area contributed by atoms with Crippen molar-refractivity contribution in [2.45, 2.75) is 19.8 Å². The molecule has 0 aliphatic carbocycles. The van der Waals surface area contributed by atoms with Crippen LogP contribution in [0.25, 0.3) is 0 Å². The third kappa shape index (κ3) is 3.15. The molecule has 5 nitrogen and oxygen atoms in total. The van der Waals surface area contributed by atoms with Gasteiger partial charge in [-0.2, -0.15) is 0 Å². The fraction of sp³-hybridized carbons (Fsp3) is 0.316. The van der Waals surface area contributed by atoms with Crippen LogP contribution >= 0.6 is 0 Å². The van der Waals surface area contributed by atoms with E-state index >= 15 is 0 Å². The third-order valence-electron chi connectivity index (χ3n) is 4.05. The van der Waals surface area contributed by atoms with E-state index in [0.29, 0.717) is 42.4 Å². The third-order valence-corrected chi connectivity index (χ3v) is 4.05. The number of hydrogen-bond donors (Lipinski definition) is 1. The lowest BCUT2D eigenvalue weighted by molar-refractivity contribution is 0.0990. The molecule has 24 heavy (non-hydrogen) atoms. The summed E-state index contributed by atoms with van der Waals surface area (Å²) in [6, 6.07) is 8.66. The molecule has 3 rings (SSSR count). The van der Waals surface area contributed by atoms with Gasteiger partial charge in [0.25, 0.3) is 0 Å². The van der Waals surface area contributed by atoms with Crippen molar-refractivity contribution < 1.29 is 24.1 Å². The lowest BCUT2D eigenvalue weighted by atomic mass is 9.98. The molecule has 0 bridgehead atoms. The van der Waals surface area contributed by atoms with Crippen molar-refractivity contribution >= 4 is 5.78 Å². The molecular formula is C19H20O5. The van der Waals surface area contributed by atoms with Gasteiger partial charge in [-0.1, -0.05) is 13.0 Å². The molecule has 1 heterocycles. The average Bonchev–Trinajstić information content (AvgIpc) is 2.61. The molecule has 0 saturated heterocycles. The molecule has 2 aromatic carbocycles. The van der Waals surface area contributed by atoms with Crippen LogP contribution in [0.2, 0.25) is 0 Å². The minimum absolute atomic E-state index is 0.0633. The van der Waals surface area contributed by atoms with Gasteiger partial charge in [-0.15, -0.1) is 0 Å². The molecule has 1 N–H and O–H groups in total. The monoisotopic (exact) mass is 328 g/mol. The van der Waals surface area contributed by atoms with E-state index in [1.165, 1.54) is 6.07 Å². The van der Waals surface area contributed by atoms with Gasteiger partial charge in [-0.3, -0.25) is 4.79 Å². The summed E-state index contributed by atoms with van der Waals surface area (Å²) >= 11 is 0. The van der Waals surface area contributed by atoms with Gasteiger partial charge >= 0.3 is 0 Å². The number of Topliss-reactive ketones (excluding diaryl/α,β-unsaturated/α-hetero) is 1. The van der Waals surface area contributed by atoms with Crippen molar-refractivity contribution in [3.05, 3.63) is 47.0 Å². The Morgan fingerprint density at radius 3 is 2.62 bits per heavy atom. The molecule has 0 atom stereocenters. The number of carbonyl (C=O) groups excluding carboxylic acids is 1. The van der Waals surface area contributed by atoms with Crippen molar-refractivity contribution in [2.24, 2.45) is 0 Å². The van der Waals surface area contributed by atoms with Crippen molar-refractivity contribution in [3.8, 4) is 23.0 Å². The predicted molar refractivity (Wildman–Crippen MR) is 89.5 cm³/mol. The highest BCUT2D eigenvalue weighted by molar-refractivity contribution is 6.00. The fourth-order valence-electron chi connectivity index (χ4n) is 2.78. The Kier molecular flexibility index (Phi) is 4.60. The molecule has 1 aliphatic rings. The molecule has 5 heteroatoms. The van der Waals surface area contributed by atoms with Gasteiger partial charge < -0.3 is 19.3 Å². The van der Waals surface area contributed by atoms with E-state index in [1.807, 2.05) is 25.1 Å². The predicted octanol–water partition coefficient (Wildman–Crippen LogP) is 3.16. The summed E-state index contributed by atoms with van der Waals surface area (Å²) in [7, 11) is 1.55. The number of ether oxygens (including phenoxy) is 3. The number of phenolic OH excluding ortho intramolecular Hbond substituents is 1. The number of carbonyl (C=O) groups is 1. The number of fused-ring (bicyclic) bond motifs is 1. The minimum atomic E-state index is -0.151. The van der Waals surface area contributed by atoms with Crippen LogP contribution in [0.3, 0.4) is 0 Å². The molecule has 0 fully saturated rings. The van der Waals surface area contributed by atoms with Crippen molar-refractivity contribution in [1.82, 2.24) is 0 Å². The second kappa shape index (κ2) is 6.83. The second-order valence-electron chi connectivity index (χ2n) is 5.61. The standard InChI is InChI=1S/C19H20O5/c1-3-13-10-14(16(21)11-18(13)22-2)15(20)8-12-4-5-17-19(9-12)24-7-6-23-17/h4-5,9-11,21H,3,6-8H2,1-2H3. The van der Waals surface area contributed by atoms with E-state index in [4.69, 9.17) is 14.2 Å². The van der Waals surface area contributed by atoms with Gasteiger partial charge in [0.2, 0.25) is 0 Å². The number of benzene rings is 2. The van der Waals surface area contributed by atoms with Gasteiger partial charge in [0.15, 0.2) is 17.3 Å². The van der Waals surface area contributed by atoms with E-state index in [1.54, 1.807) is 13.2 Å². The number of aromatic hydroxyl groups is 1. The number of aryl methyl sites for hydroxylation is 1. The topological polar surface area (TPSA) is 65.0 Å². The summed E-state index contributed by atoms with van der Waals surface area (Å²) in [4.78, 5) is 12.6. The second-order valence-corrected chi connectivity index (χ2v) is 5.61. The molecule has 0 amide bonds. The number of rotatable bonds is 5. The van der Waals surface area contributed by atoms with E-state index < -0.39 is 0 Å². The Labute approximate surface area is 140 Å². The van der Waals surface area contributed by atoms with Crippen LogP contribution in [0.15, 0.2) is 30.3 Å². The molecule has 0 saturated carbocycles. The Bertz CT molecular complexity index is 767. The summed E-state index contributed by atoms with van der Waals surface area (Å²) in [5, 5.41) is 10.1. The maximum absolute atomic E-state index is 12.6. The van der Waals surface area contributed by atoms with E-state index in [9.17, 15) is 9.90 Å². The Balaban J connectivity index is 1.85. The van der Waals surface area contributed by atoms with Gasteiger partial charge in [-0.25, -0.2) is 0 Å². The highest BCUT2D eigenvalue weighted by Gasteiger charge is 2.18. The number of phenols is 1. The van der Waals surface area contributed by atoms with Crippen LogP contribution in [0.5, 0.6) is 23.0 Å². The highest BCUT2D eigenvalue weighted by atomic mass is 16.6. The van der Waals surface area contributed by atoms with Gasteiger partial charge in [0, 0.05) is 12.5 Å². The van der Waals surface area contributed by atoms with Crippen LogP contribution in [-0.2, 0) is 12.8 Å². The Morgan fingerprint density at radius 2 is 1.92 bits per heavy atom. The number of hydrogen-bond acceptors (Lipinski definition) is 5. The zero-order valence-electron chi connectivity index (χ0n) is 13.8. The van der Waals surface area contributed by atoms with Crippen molar-refractivity contribution in [2.75, 3.05) is 20.3 Å². The molecule has 0 radical (unpaired) electrons. The van der Waals surface area contributed by atoms with Crippen LogP contribution in [0.1, 0.15) is 28.4 Å². The summed E-state index contributed by atoms with van der Waals surface area (Å²) in [5.74, 6) is 1.72. The summed E-state index contributed by atoms with van der Waals surface area (Å²) in [6.07, 6.45) is 0.896. The fourth-order valence-corrected chi connectivity index (χ4v) is 2.78. The lowest BCUT2D eigenvalue weighted by Crippen LogP contribution is -2.15. The SMILES string of the molecule is CCc1cc(C(=O)Cc2ccc3c(c2)OCCO3)c(O)cc1OC. The van der Waals surface area contributed by atoms with E-state index in [0.717, 1.165) is 11.1 Å². The van der Waals surface area contributed by atoms with Crippen LogP contribution < -0.4 is 14.2 Å². The smallest absolute Gasteiger partial charge is 0.170 e. The molecule has 0 spiro atoms. The first-order valence-electron chi connectivity index (χ1n) is 7.94. The summed E-state index contributed by atoms with van der Waals surface area (Å²) in [5.41, 5.74) is 2.01. The Hall–Kier alpha value is -2.69. The first-order valence-corrected chi connectivity index (χ1v) is 7.94. The number of methoxy groups -OCH3 is 1. The van der Waals surface area contributed by atoms with Gasteiger partial charge in [-0.05, 0) is 35.7 Å². The number of ketones is 1. The van der Waals surface area contributed by atoms with Crippen LogP contribution in [0, 0.1) is 0 Å². The highest BCUT2D eigenvalue weighted by Crippen LogP contribution is 2.32. The van der Waals surface area contributed by atoms with Gasteiger partial charge in [0.1, 0.15) is 24.7 Å². The zero-order chi connectivity index (χ0) is 17.1. The quantitative estimate of drug-likeness (QED) is 0.854. The molecular weight excluding hydrogens is 308 g/mol. The molecule has 2 aromatic rings. The van der Waals surface area contributed by atoms with Crippen molar-refractivity contribution in [1.29, 1.82) is 0 Å². The maximum Gasteiger partial charge on any atom is 0.170 e. The first kappa shape index (κ1) is 16.2. The van der Waals surface area contributed by atoms with E-state index in [2.05, 4.69) is 0 Å². The lowest BCUT2D eigenvalue weighted by Gasteiger charge is -2.18. The average molecular weight is 328 g/mol. The maximum atomic E-state index is 12.6. The molecule has 0 unspecified atom stereocenters. The minimum Gasteiger partial charge on any atom is -0.507 e. The van der Waals surface area contributed by atoms with E-state index in [-0.39, 0.29) is 18.0 Å². The molecule has 1 aliphatic heterocycles. The first-order chi connectivity index (χ1) is 11.6. The molecule has 0 aromatic heterocycles. The van der Waals surface area contributed by atoms with Crippen LogP contribution in [-0.4, -0.2) is 31.2 Å². The zero-order valence-corrected chi connectivity index (χ0v) is 13.8. The van der Waals surface area contributed by atoms with Gasteiger partial charge in [0.05, 0.1) is 12.7 Å². The normalized spacial score (nSPS) is 12.8. The summed E-state index contributed by atoms with van der Waals surface area (Å²) < 4.78 is 16.2. The Morgan fingerprint density at radius 1 is 1.17 bits per heavy atom. The van der Waals surface area contributed by atoms with Crippen molar-refractivity contribution in [3.63, 3.8) is 0 Å². The molecule has 126 valence electrons.